The molecule has 1 aromatic carbocycles. The van der Waals surface area contributed by atoms with E-state index in [0.29, 0.717) is 17.8 Å². The van der Waals surface area contributed by atoms with Crippen molar-refractivity contribution >= 4 is 11.6 Å². The number of likely N-dealkylation sites (N-methyl/N-ethyl adjacent to an activating group) is 1. The number of carbonyl (C=O) groups excluding carboxylic acids is 1. The van der Waals surface area contributed by atoms with Crippen LogP contribution in [0.25, 0.3) is 0 Å². The highest BCUT2D eigenvalue weighted by atomic mass is 16.2. The molecule has 84 valence electrons. The molecule has 1 aromatic rings. The van der Waals surface area contributed by atoms with Crippen molar-refractivity contribution in [3.63, 3.8) is 0 Å². The zero-order valence-corrected chi connectivity index (χ0v) is 9.53. The number of carbonyl (C=O) groups is 1. The average molecular weight is 217 g/mol. The number of rotatable bonds is 4. The highest BCUT2D eigenvalue weighted by molar-refractivity contribution is 5.81. The molecule has 0 saturated heterocycles. The van der Waals surface area contributed by atoms with Crippen LogP contribution in [-0.4, -0.2) is 30.9 Å². The van der Waals surface area contributed by atoms with Crippen molar-refractivity contribution in [2.45, 2.75) is 6.92 Å². The van der Waals surface area contributed by atoms with Crippen molar-refractivity contribution in [1.82, 2.24) is 4.90 Å². The van der Waals surface area contributed by atoms with Crippen molar-refractivity contribution in [1.29, 1.82) is 5.26 Å². The molecule has 0 unspecified atom stereocenters. The van der Waals surface area contributed by atoms with Crippen LogP contribution < -0.4 is 5.32 Å². The summed E-state index contributed by atoms with van der Waals surface area (Å²) in [6.45, 7) is 2.81. The molecule has 4 nitrogen and oxygen atoms in total. The molecular formula is C12H15N3O. The first kappa shape index (κ1) is 12.1. The van der Waals surface area contributed by atoms with Crippen LogP contribution in [0.5, 0.6) is 0 Å². The van der Waals surface area contributed by atoms with Gasteiger partial charge in [-0.2, -0.15) is 5.26 Å². The number of anilines is 1. The van der Waals surface area contributed by atoms with E-state index >= 15 is 0 Å². The molecule has 1 N–H and O–H groups in total. The quantitative estimate of drug-likeness (QED) is 0.830. The predicted molar refractivity (Wildman–Crippen MR) is 63.0 cm³/mol. The maximum atomic E-state index is 11.5. The molecule has 4 heteroatoms. The van der Waals surface area contributed by atoms with Gasteiger partial charge in [0, 0.05) is 13.6 Å². The summed E-state index contributed by atoms with van der Waals surface area (Å²) in [5.41, 5.74) is 1.25. The molecule has 1 amide bonds. The van der Waals surface area contributed by atoms with Crippen molar-refractivity contribution in [3.8, 4) is 6.07 Å². The van der Waals surface area contributed by atoms with E-state index in [1.165, 1.54) is 0 Å². The summed E-state index contributed by atoms with van der Waals surface area (Å²) in [5, 5.41) is 11.8. The molecule has 0 aliphatic rings. The summed E-state index contributed by atoms with van der Waals surface area (Å²) in [6, 6.07) is 9.21. The molecule has 0 aromatic heterocycles. The van der Waals surface area contributed by atoms with Gasteiger partial charge in [0.1, 0.15) is 6.07 Å². The Kier molecular flexibility index (Phi) is 4.34. The number of nitrogens with one attached hydrogen (secondary N) is 1. The molecule has 1 rings (SSSR count). The lowest BCUT2D eigenvalue weighted by Crippen LogP contribution is -2.31. The van der Waals surface area contributed by atoms with Crippen LogP contribution in [0.4, 0.5) is 5.69 Å². The molecule has 0 radical (unpaired) electrons. The lowest BCUT2D eigenvalue weighted by molar-refractivity contribution is -0.127. The number of benzene rings is 1. The van der Waals surface area contributed by atoms with Crippen LogP contribution in [0.15, 0.2) is 24.3 Å². The fraction of sp³-hybridized carbons (Fsp3) is 0.333. The standard InChI is InChI=1S/C12H15N3O/c1-3-15(2)12(16)9-14-11-7-5-4-6-10(11)8-13/h4-7,14H,3,9H2,1-2H3. The van der Waals surface area contributed by atoms with Crippen molar-refractivity contribution in [2.24, 2.45) is 0 Å². The summed E-state index contributed by atoms with van der Waals surface area (Å²) < 4.78 is 0. The summed E-state index contributed by atoms with van der Waals surface area (Å²) in [4.78, 5) is 13.2. The second-order valence-corrected chi connectivity index (χ2v) is 3.42. The highest BCUT2D eigenvalue weighted by Crippen LogP contribution is 2.12. The monoisotopic (exact) mass is 217 g/mol. The Bertz CT molecular complexity index is 409. The minimum Gasteiger partial charge on any atom is -0.375 e. The molecule has 0 fully saturated rings. The fourth-order valence-corrected chi connectivity index (χ4v) is 1.22. The molecule has 0 atom stereocenters. The van der Waals surface area contributed by atoms with E-state index in [-0.39, 0.29) is 12.5 Å². The predicted octanol–water partition coefficient (Wildman–Crippen LogP) is 1.45. The minimum atomic E-state index is 0.00948. The van der Waals surface area contributed by atoms with Gasteiger partial charge < -0.3 is 10.2 Å². The fourth-order valence-electron chi connectivity index (χ4n) is 1.22. The SMILES string of the molecule is CCN(C)C(=O)CNc1ccccc1C#N. The Labute approximate surface area is 95.5 Å². The third kappa shape index (κ3) is 2.99. The molecule has 0 bridgehead atoms. The van der Waals surface area contributed by atoms with Crippen LogP contribution in [0.3, 0.4) is 0 Å². The van der Waals surface area contributed by atoms with Gasteiger partial charge in [0.15, 0.2) is 0 Å². The van der Waals surface area contributed by atoms with Crippen LogP contribution >= 0.6 is 0 Å². The van der Waals surface area contributed by atoms with Gasteiger partial charge >= 0.3 is 0 Å². The van der Waals surface area contributed by atoms with Crippen LogP contribution in [0.1, 0.15) is 12.5 Å². The lowest BCUT2D eigenvalue weighted by atomic mass is 10.2. The van der Waals surface area contributed by atoms with Gasteiger partial charge in [-0.25, -0.2) is 0 Å². The maximum absolute atomic E-state index is 11.5. The number of hydrogen-bond acceptors (Lipinski definition) is 3. The molecule has 0 aliphatic carbocycles. The number of nitrogens with zero attached hydrogens (tertiary/aromatic N) is 2. The number of hydrogen-bond donors (Lipinski definition) is 1. The summed E-state index contributed by atoms with van der Waals surface area (Å²) >= 11 is 0. The van der Waals surface area contributed by atoms with Gasteiger partial charge in [-0.15, -0.1) is 0 Å². The maximum Gasteiger partial charge on any atom is 0.241 e. The first-order valence-electron chi connectivity index (χ1n) is 5.16. The van der Waals surface area contributed by atoms with Crippen LogP contribution in [0, 0.1) is 11.3 Å². The van der Waals surface area contributed by atoms with E-state index in [1.807, 2.05) is 13.0 Å². The Morgan fingerprint density at radius 2 is 2.19 bits per heavy atom. The van der Waals surface area contributed by atoms with E-state index in [1.54, 1.807) is 30.1 Å². The second-order valence-electron chi connectivity index (χ2n) is 3.42. The first-order valence-corrected chi connectivity index (χ1v) is 5.16. The zero-order valence-electron chi connectivity index (χ0n) is 9.53. The van der Waals surface area contributed by atoms with E-state index in [2.05, 4.69) is 11.4 Å². The van der Waals surface area contributed by atoms with Gasteiger partial charge in [-0.05, 0) is 19.1 Å². The molecule has 16 heavy (non-hydrogen) atoms. The second kappa shape index (κ2) is 5.76. The van der Waals surface area contributed by atoms with Crippen molar-refractivity contribution < 1.29 is 4.79 Å². The first-order chi connectivity index (χ1) is 7.69. The Balaban J connectivity index is 2.62. The van der Waals surface area contributed by atoms with Gasteiger partial charge in [0.25, 0.3) is 0 Å². The van der Waals surface area contributed by atoms with E-state index in [0.717, 1.165) is 0 Å². The summed E-state index contributed by atoms with van der Waals surface area (Å²) in [7, 11) is 1.75. The molecule has 0 aliphatic heterocycles. The minimum absolute atomic E-state index is 0.00948. The largest absolute Gasteiger partial charge is 0.375 e. The average Bonchev–Trinajstić information content (AvgIpc) is 2.35. The summed E-state index contributed by atoms with van der Waals surface area (Å²) in [5.74, 6) is 0.00948. The van der Waals surface area contributed by atoms with E-state index < -0.39 is 0 Å². The van der Waals surface area contributed by atoms with Gasteiger partial charge in [-0.1, -0.05) is 12.1 Å². The van der Waals surface area contributed by atoms with Crippen LogP contribution in [0.2, 0.25) is 0 Å². The highest BCUT2D eigenvalue weighted by Gasteiger charge is 2.07. The Morgan fingerprint density at radius 1 is 1.50 bits per heavy atom. The number of amides is 1. The summed E-state index contributed by atoms with van der Waals surface area (Å²) in [6.07, 6.45) is 0. The Morgan fingerprint density at radius 3 is 2.81 bits per heavy atom. The number of nitriles is 1. The van der Waals surface area contributed by atoms with E-state index in [9.17, 15) is 4.79 Å². The van der Waals surface area contributed by atoms with Crippen LogP contribution in [-0.2, 0) is 4.79 Å². The van der Waals surface area contributed by atoms with Gasteiger partial charge in [-0.3, -0.25) is 4.79 Å². The lowest BCUT2D eigenvalue weighted by Gasteiger charge is -2.15. The molecule has 0 heterocycles. The normalized spacial score (nSPS) is 9.31. The van der Waals surface area contributed by atoms with E-state index in [4.69, 9.17) is 5.26 Å². The molecule has 0 saturated carbocycles. The molecule has 0 spiro atoms. The zero-order chi connectivity index (χ0) is 12.0. The number of para-hydroxylation sites is 1. The molecular weight excluding hydrogens is 202 g/mol. The Hall–Kier alpha value is -2.02. The van der Waals surface area contributed by atoms with Crippen molar-refractivity contribution in [2.75, 3.05) is 25.5 Å². The van der Waals surface area contributed by atoms with Gasteiger partial charge in [0.05, 0.1) is 17.8 Å². The third-order valence-electron chi connectivity index (χ3n) is 2.38. The van der Waals surface area contributed by atoms with Gasteiger partial charge in [0.2, 0.25) is 5.91 Å². The smallest absolute Gasteiger partial charge is 0.241 e. The topological polar surface area (TPSA) is 56.1 Å². The van der Waals surface area contributed by atoms with Crippen molar-refractivity contribution in [3.05, 3.63) is 29.8 Å². The third-order valence-corrected chi connectivity index (χ3v) is 2.38.